The van der Waals surface area contributed by atoms with E-state index in [0.717, 1.165) is 18.5 Å². The zero-order valence-corrected chi connectivity index (χ0v) is 16.6. The van der Waals surface area contributed by atoms with Gasteiger partial charge in [0.25, 0.3) is 5.91 Å². The van der Waals surface area contributed by atoms with Gasteiger partial charge in [-0.25, -0.2) is 4.57 Å². The summed E-state index contributed by atoms with van der Waals surface area (Å²) in [4.78, 5) is 11.9. The second-order valence-electron chi connectivity index (χ2n) is 6.19. The van der Waals surface area contributed by atoms with Crippen molar-refractivity contribution in [3.8, 4) is 0 Å². The molecular formula is C19H34BrN2O+. The summed E-state index contributed by atoms with van der Waals surface area (Å²) in [6.45, 7) is 3.05. The molecule has 1 rings (SSSR count). The summed E-state index contributed by atoms with van der Waals surface area (Å²) >= 11 is 0. The average molecular weight is 386 g/mol. The van der Waals surface area contributed by atoms with E-state index in [1.807, 2.05) is 36.1 Å². The predicted octanol–water partition coefficient (Wildman–Crippen LogP) is 4.74. The first-order valence-electron chi connectivity index (χ1n) is 8.97. The molecule has 0 saturated carbocycles. The van der Waals surface area contributed by atoms with Gasteiger partial charge in [0.05, 0.1) is 5.56 Å². The molecule has 0 bridgehead atoms. The van der Waals surface area contributed by atoms with Crippen molar-refractivity contribution < 1.29 is 9.36 Å². The lowest BCUT2D eigenvalue weighted by atomic mass is 10.1. The zero-order chi connectivity index (χ0) is 16.0. The highest BCUT2D eigenvalue weighted by atomic mass is 79.9. The van der Waals surface area contributed by atoms with Crippen LogP contribution in [-0.2, 0) is 7.05 Å². The summed E-state index contributed by atoms with van der Waals surface area (Å²) in [5.41, 5.74) is 0.741. The Bertz CT molecular complexity index is 406. The molecule has 0 aliphatic rings. The number of amides is 1. The number of aromatic nitrogens is 1. The number of carbonyl (C=O) groups excluding carboxylic acids is 1. The third kappa shape index (κ3) is 11.3. The summed E-state index contributed by atoms with van der Waals surface area (Å²) < 4.78 is 1.93. The van der Waals surface area contributed by atoms with E-state index in [2.05, 4.69) is 12.2 Å². The molecule has 0 aromatic carbocycles. The number of carbonyl (C=O) groups is 1. The predicted molar refractivity (Wildman–Crippen MR) is 102 cm³/mol. The quantitative estimate of drug-likeness (QED) is 0.409. The summed E-state index contributed by atoms with van der Waals surface area (Å²) in [5.74, 6) is 0.0384. The fourth-order valence-electron chi connectivity index (χ4n) is 2.57. The molecule has 1 amide bonds. The van der Waals surface area contributed by atoms with Crippen LogP contribution in [0.3, 0.4) is 0 Å². The maximum Gasteiger partial charge on any atom is 0.251 e. The van der Waals surface area contributed by atoms with Crippen molar-refractivity contribution in [2.45, 2.75) is 71.1 Å². The van der Waals surface area contributed by atoms with E-state index in [-0.39, 0.29) is 22.9 Å². The fourth-order valence-corrected chi connectivity index (χ4v) is 2.57. The first-order chi connectivity index (χ1) is 10.7. The fraction of sp³-hybridized carbons (Fsp3) is 0.684. The summed E-state index contributed by atoms with van der Waals surface area (Å²) in [6.07, 6.45) is 17.0. The first-order valence-corrected chi connectivity index (χ1v) is 8.97. The van der Waals surface area contributed by atoms with Crippen LogP contribution < -0.4 is 9.88 Å². The maximum absolute atomic E-state index is 11.9. The van der Waals surface area contributed by atoms with E-state index in [9.17, 15) is 4.79 Å². The minimum absolute atomic E-state index is 0. The van der Waals surface area contributed by atoms with Crippen molar-refractivity contribution >= 4 is 22.9 Å². The van der Waals surface area contributed by atoms with Crippen LogP contribution in [0, 0.1) is 0 Å². The van der Waals surface area contributed by atoms with Gasteiger partial charge in [-0.2, -0.15) is 0 Å². The second-order valence-corrected chi connectivity index (χ2v) is 6.19. The smallest absolute Gasteiger partial charge is 0.251 e. The van der Waals surface area contributed by atoms with Gasteiger partial charge in [0.1, 0.15) is 7.05 Å². The Morgan fingerprint density at radius 3 is 1.91 bits per heavy atom. The van der Waals surface area contributed by atoms with E-state index in [1.54, 1.807) is 0 Å². The van der Waals surface area contributed by atoms with Crippen molar-refractivity contribution in [1.29, 1.82) is 0 Å². The van der Waals surface area contributed by atoms with Crippen LogP contribution in [0.15, 0.2) is 24.5 Å². The minimum atomic E-state index is 0. The first kappa shape index (κ1) is 22.1. The van der Waals surface area contributed by atoms with Gasteiger partial charge in [0.2, 0.25) is 0 Å². The lowest BCUT2D eigenvalue weighted by molar-refractivity contribution is -0.671. The number of aryl methyl sites for hydroxylation is 1. The summed E-state index contributed by atoms with van der Waals surface area (Å²) in [6, 6.07) is 3.71. The lowest BCUT2D eigenvalue weighted by Gasteiger charge is -2.05. The van der Waals surface area contributed by atoms with E-state index >= 15 is 0 Å². The van der Waals surface area contributed by atoms with Gasteiger partial charge in [0, 0.05) is 18.7 Å². The Morgan fingerprint density at radius 2 is 1.39 bits per heavy atom. The highest BCUT2D eigenvalue weighted by Gasteiger charge is 2.05. The molecule has 1 aromatic rings. The molecule has 3 nitrogen and oxygen atoms in total. The van der Waals surface area contributed by atoms with E-state index < -0.39 is 0 Å². The Kier molecular flexibility index (Phi) is 14.1. The number of rotatable bonds is 12. The molecule has 0 atom stereocenters. The number of hydrogen-bond donors (Lipinski definition) is 1. The molecule has 0 aliphatic heterocycles. The normalized spacial score (nSPS) is 10.2. The molecule has 0 radical (unpaired) electrons. The molecule has 0 spiro atoms. The SMILES string of the molecule is Br.CCCCCCCCCCCCNC(=O)c1cc[n+](C)cc1. The van der Waals surface area contributed by atoms with Crippen molar-refractivity contribution in [2.24, 2.45) is 7.05 Å². The maximum atomic E-state index is 11.9. The van der Waals surface area contributed by atoms with Gasteiger partial charge in [-0.1, -0.05) is 64.7 Å². The van der Waals surface area contributed by atoms with Crippen LogP contribution in [0.5, 0.6) is 0 Å². The van der Waals surface area contributed by atoms with Gasteiger partial charge in [-0.05, 0) is 6.42 Å². The van der Waals surface area contributed by atoms with Crippen LogP contribution in [-0.4, -0.2) is 12.5 Å². The highest BCUT2D eigenvalue weighted by Crippen LogP contribution is 2.10. The highest BCUT2D eigenvalue weighted by molar-refractivity contribution is 8.93. The molecule has 1 N–H and O–H groups in total. The largest absolute Gasteiger partial charge is 0.352 e. The van der Waals surface area contributed by atoms with Crippen molar-refractivity contribution in [1.82, 2.24) is 5.32 Å². The molecule has 0 fully saturated rings. The summed E-state index contributed by atoms with van der Waals surface area (Å²) in [5, 5.41) is 3.00. The Labute approximate surface area is 152 Å². The van der Waals surface area contributed by atoms with E-state index in [0.29, 0.717) is 0 Å². The standard InChI is InChI=1S/C19H32N2O.BrH/c1-3-4-5-6-7-8-9-10-11-12-15-20-19(22)18-13-16-21(2)17-14-18;/h13-14,16-17H,3-12,15H2,1-2H3;1H/p+1. The molecule has 0 aliphatic carbocycles. The zero-order valence-electron chi connectivity index (χ0n) is 14.9. The van der Waals surface area contributed by atoms with E-state index in [1.165, 1.54) is 57.8 Å². The number of pyridine rings is 1. The lowest BCUT2D eigenvalue weighted by Crippen LogP contribution is -2.29. The second kappa shape index (κ2) is 14.7. The van der Waals surface area contributed by atoms with Crippen molar-refractivity contribution in [3.05, 3.63) is 30.1 Å². The Balaban J connectivity index is 0.00000484. The van der Waals surface area contributed by atoms with Gasteiger partial charge < -0.3 is 5.32 Å². The monoisotopic (exact) mass is 385 g/mol. The van der Waals surface area contributed by atoms with Crippen molar-refractivity contribution in [3.63, 3.8) is 0 Å². The topological polar surface area (TPSA) is 33.0 Å². The van der Waals surface area contributed by atoms with Gasteiger partial charge in [-0.3, -0.25) is 4.79 Å². The number of nitrogens with one attached hydrogen (secondary N) is 1. The molecule has 23 heavy (non-hydrogen) atoms. The van der Waals surface area contributed by atoms with Crippen LogP contribution in [0.2, 0.25) is 0 Å². The molecule has 0 saturated heterocycles. The molecule has 132 valence electrons. The molecule has 0 unspecified atom stereocenters. The molecule has 4 heteroatoms. The number of nitrogens with zero attached hydrogens (tertiary/aromatic N) is 1. The molecular weight excluding hydrogens is 352 g/mol. The third-order valence-electron chi connectivity index (χ3n) is 4.06. The van der Waals surface area contributed by atoms with Crippen LogP contribution in [0.25, 0.3) is 0 Å². The number of halogens is 1. The summed E-state index contributed by atoms with van der Waals surface area (Å²) in [7, 11) is 1.95. The third-order valence-corrected chi connectivity index (χ3v) is 4.06. The van der Waals surface area contributed by atoms with Crippen molar-refractivity contribution in [2.75, 3.05) is 6.54 Å². The van der Waals surface area contributed by atoms with Crippen LogP contribution in [0.4, 0.5) is 0 Å². The van der Waals surface area contributed by atoms with E-state index in [4.69, 9.17) is 0 Å². The van der Waals surface area contributed by atoms with Crippen LogP contribution >= 0.6 is 17.0 Å². The Hall–Kier alpha value is -0.900. The minimum Gasteiger partial charge on any atom is -0.352 e. The Morgan fingerprint density at radius 1 is 0.913 bits per heavy atom. The number of hydrogen-bond acceptors (Lipinski definition) is 1. The van der Waals surface area contributed by atoms with Crippen LogP contribution in [0.1, 0.15) is 81.5 Å². The van der Waals surface area contributed by atoms with Gasteiger partial charge in [-0.15, -0.1) is 17.0 Å². The average Bonchev–Trinajstić information content (AvgIpc) is 2.53. The molecule has 1 aromatic heterocycles. The van der Waals surface area contributed by atoms with Gasteiger partial charge >= 0.3 is 0 Å². The van der Waals surface area contributed by atoms with Gasteiger partial charge in [0.15, 0.2) is 12.4 Å². The number of unbranched alkanes of at least 4 members (excludes halogenated alkanes) is 9. The molecule has 1 heterocycles.